The molecule has 5 nitrogen and oxygen atoms in total. The number of carbonyl (C=O) groups is 1. The molecule has 1 aromatic carbocycles. The number of nitrogens with zero attached hydrogens (tertiary/aromatic N) is 1. The average molecular weight is 318 g/mol. The van der Waals surface area contributed by atoms with Crippen LogP contribution in [0.25, 0.3) is 11.3 Å². The lowest BCUT2D eigenvalue weighted by Gasteiger charge is -2.04. The fourth-order valence-corrected chi connectivity index (χ4v) is 2.70. The van der Waals surface area contributed by atoms with Crippen LogP contribution < -0.4 is 5.56 Å². The Hall–Kier alpha value is -2.08. The van der Waals surface area contributed by atoms with E-state index in [1.807, 2.05) is 30.3 Å². The van der Waals surface area contributed by atoms with E-state index < -0.39 is 0 Å². The first-order valence-corrected chi connectivity index (χ1v) is 8.13. The summed E-state index contributed by atoms with van der Waals surface area (Å²) in [6.07, 6.45) is 1.06. The number of H-pyrrole nitrogens is 1. The summed E-state index contributed by atoms with van der Waals surface area (Å²) in [6, 6.07) is 11.0. The lowest BCUT2D eigenvalue weighted by Crippen LogP contribution is -2.08. The molecule has 0 saturated heterocycles. The number of ether oxygens (including phenoxy) is 1. The molecule has 2 aromatic rings. The number of aromatic nitrogens is 2. The summed E-state index contributed by atoms with van der Waals surface area (Å²) in [5.74, 6) is 0.502. The van der Waals surface area contributed by atoms with Crippen LogP contribution in [0.15, 0.2) is 46.3 Å². The number of rotatable bonds is 7. The Morgan fingerprint density at radius 2 is 2.09 bits per heavy atom. The number of carbonyl (C=O) groups excluding carboxylic acids is 1. The second kappa shape index (κ2) is 8.38. The normalized spacial score (nSPS) is 10.4. The van der Waals surface area contributed by atoms with Gasteiger partial charge in [-0.3, -0.25) is 9.59 Å². The minimum Gasteiger partial charge on any atom is -0.466 e. The minimum atomic E-state index is -0.192. The zero-order chi connectivity index (χ0) is 15.8. The third-order valence-corrected chi connectivity index (χ3v) is 3.82. The Morgan fingerprint density at radius 1 is 1.32 bits per heavy atom. The second-order valence-corrected chi connectivity index (χ2v) is 5.64. The summed E-state index contributed by atoms with van der Waals surface area (Å²) < 4.78 is 4.87. The van der Waals surface area contributed by atoms with E-state index in [0.29, 0.717) is 36.1 Å². The van der Waals surface area contributed by atoms with Gasteiger partial charge in [0.1, 0.15) is 0 Å². The number of esters is 1. The first-order valence-electron chi connectivity index (χ1n) is 7.14. The van der Waals surface area contributed by atoms with Gasteiger partial charge in [0.15, 0.2) is 5.16 Å². The molecule has 0 aliphatic carbocycles. The highest BCUT2D eigenvalue weighted by Crippen LogP contribution is 2.19. The van der Waals surface area contributed by atoms with Gasteiger partial charge in [-0.25, -0.2) is 4.98 Å². The van der Waals surface area contributed by atoms with Crippen LogP contribution in [-0.4, -0.2) is 28.3 Å². The Morgan fingerprint density at radius 3 is 2.82 bits per heavy atom. The van der Waals surface area contributed by atoms with Gasteiger partial charge in [-0.15, -0.1) is 0 Å². The van der Waals surface area contributed by atoms with E-state index in [1.54, 1.807) is 6.92 Å². The molecular weight excluding hydrogens is 300 g/mol. The average Bonchev–Trinajstić information content (AvgIpc) is 2.52. The zero-order valence-electron chi connectivity index (χ0n) is 12.4. The van der Waals surface area contributed by atoms with E-state index in [1.165, 1.54) is 17.8 Å². The maximum atomic E-state index is 11.7. The summed E-state index contributed by atoms with van der Waals surface area (Å²) >= 11 is 1.43. The van der Waals surface area contributed by atoms with Crippen molar-refractivity contribution >= 4 is 17.7 Å². The number of nitrogens with one attached hydrogen (secondary N) is 1. The molecule has 1 N–H and O–H groups in total. The van der Waals surface area contributed by atoms with Gasteiger partial charge >= 0.3 is 5.97 Å². The molecule has 0 radical (unpaired) electrons. The van der Waals surface area contributed by atoms with Crippen molar-refractivity contribution in [3.8, 4) is 11.3 Å². The van der Waals surface area contributed by atoms with Crippen LogP contribution in [0.2, 0.25) is 0 Å². The lowest BCUT2D eigenvalue weighted by molar-refractivity contribution is -0.143. The quantitative estimate of drug-likeness (QED) is 0.368. The van der Waals surface area contributed by atoms with Gasteiger partial charge in [-0.2, -0.15) is 0 Å². The smallest absolute Gasteiger partial charge is 0.305 e. The largest absolute Gasteiger partial charge is 0.466 e. The predicted octanol–water partition coefficient (Wildman–Crippen LogP) is 2.87. The lowest BCUT2D eigenvalue weighted by atomic mass is 10.1. The zero-order valence-corrected chi connectivity index (χ0v) is 13.2. The first-order chi connectivity index (χ1) is 10.7. The second-order valence-electron chi connectivity index (χ2n) is 4.56. The summed E-state index contributed by atoms with van der Waals surface area (Å²) in [5, 5.41) is 0.565. The number of thioether (sulfide) groups is 1. The molecule has 1 heterocycles. The molecule has 0 bridgehead atoms. The summed E-state index contributed by atoms with van der Waals surface area (Å²) in [6.45, 7) is 2.19. The molecular formula is C16H18N2O3S. The van der Waals surface area contributed by atoms with E-state index in [-0.39, 0.29) is 11.5 Å². The molecule has 6 heteroatoms. The monoisotopic (exact) mass is 318 g/mol. The van der Waals surface area contributed by atoms with Gasteiger partial charge in [-0.05, 0) is 13.3 Å². The summed E-state index contributed by atoms with van der Waals surface area (Å²) in [5.41, 5.74) is 1.38. The van der Waals surface area contributed by atoms with Gasteiger partial charge in [0, 0.05) is 23.8 Å². The Balaban J connectivity index is 1.96. The molecule has 0 saturated carbocycles. The highest BCUT2D eigenvalue weighted by Gasteiger charge is 2.06. The molecule has 0 aliphatic heterocycles. The van der Waals surface area contributed by atoms with Crippen LogP contribution in [0.1, 0.15) is 19.8 Å². The van der Waals surface area contributed by atoms with Gasteiger partial charge in [0.2, 0.25) is 0 Å². The molecule has 0 spiro atoms. The summed E-state index contributed by atoms with van der Waals surface area (Å²) in [7, 11) is 0. The van der Waals surface area contributed by atoms with Crippen molar-refractivity contribution in [3.05, 3.63) is 46.8 Å². The van der Waals surface area contributed by atoms with Crippen LogP contribution in [-0.2, 0) is 9.53 Å². The first kappa shape index (κ1) is 16.3. The molecule has 0 fully saturated rings. The van der Waals surface area contributed by atoms with Crippen LogP contribution in [0.5, 0.6) is 0 Å². The van der Waals surface area contributed by atoms with Crippen molar-refractivity contribution in [1.82, 2.24) is 9.97 Å². The molecule has 0 amide bonds. The SMILES string of the molecule is CCOC(=O)CCCSc1nc(-c2ccccc2)cc(=O)[nH]1. The minimum absolute atomic E-state index is 0.179. The van der Waals surface area contributed by atoms with E-state index in [9.17, 15) is 9.59 Å². The molecule has 0 atom stereocenters. The van der Waals surface area contributed by atoms with Crippen molar-refractivity contribution in [2.45, 2.75) is 24.9 Å². The van der Waals surface area contributed by atoms with E-state index in [0.717, 1.165) is 5.56 Å². The standard InChI is InChI=1S/C16H18N2O3S/c1-2-21-15(20)9-6-10-22-16-17-13(11-14(19)18-16)12-7-4-3-5-8-12/h3-5,7-8,11H,2,6,9-10H2,1H3,(H,17,18,19). The van der Waals surface area contributed by atoms with Crippen LogP contribution in [0.4, 0.5) is 0 Å². The van der Waals surface area contributed by atoms with Crippen LogP contribution in [0, 0.1) is 0 Å². The number of benzene rings is 1. The third-order valence-electron chi connectivity index (χ3n) is 2.86. The van der Waals surface area contributed by atoms with Crippen molar-refractivity contribution in [3.63, 3.8) is 0 Å². The molecule has 0 unspecified atom stereocenters. The topological polar surface area (TPSA) is 72.0 Å². The Labute approximate surface area is 133 Å². The maximum Gasteiger partial charge on any atom is 0.305 e. The Kier molecular flexibility index (Phi) is 6.21. The van der Waals surface area contributed by atoms with Crippen LogP contribution >= 0.6 is 11.8 Å². The number of hydrogen-bond acceptors (Lipinski definition) is 5. The molecule has 22 heavy (non-hydrogen) atoms. The molecule has 2 rings (SSSR count). The predicted molar refractivity (Wildman–Crippen MR) is 86.9 cm³/mol. The Bertz CT molecular complexity index is 671. The molecule has 0 aliphatic rings. The maximum absolute atomic E-state index is 11.7. The van der Waals surface area contributed by atoms with E-state index in [2.05, 4.69) is 9.97 Å². The fourth-order valence-electron chi connectivity index (χ4n) is 1.88. The number of hydrogen-bond donors (Lipinski definition) is 1. The van der Waals surface area contributed by atoms with Gasteiger partial charge in [0.05, 0.1) is 12.3 Å². The molecule has 116 valence electrons. The highest BCUT2D eigenvalue weighted by molar-refractivity contribution is 7.99. The number of aromatic amines is 1. The highest BCUT2D eigenvalue weighted by atomic mass is 32.2. The van der Waals surface area contributed by atoms with E-state index in [4.69, 9.17) is 4.74 Å². The van der Waals surface area contributed by atoms with Crippen molar-refractivity contribution in [2.75, 3.05) is 12.4 Å². The van der Waals surface area contributed by atoms with Gasteiger partial charge in [-0.1, -0.05) is 42.1 Å². The van der Waals surface area contributed by atoms with Crippen LogP contribution in [0.3, 0.4) is 0 Å². The summed E-state index contributed by atoms with van der Waals surface area (Å²) in [4.78, 5) is 30.1. The van der Waals surface area contributed by atoms with Gasteiger partial charge in [0.25, 0.3) is 5.56 Å². The third kappa shape index (κ3) is 5.04. The fraction of sp³-hybridized carbons (Fsp3) is 0.312. The van der Waals surface area contributed by atoms with Crippen molar-refractivity contribution in [1.29, 1.82) is 0 Å². The van der Waals surface area contributed by atoms with E-state index >= 15 is 0 Å². The van der Waals surface area contributed by atoms with Gasteiger partial charge < -0.3 is 9.72 Å². The van der Waals surface area contributed by atoms with Crippen molar-refractivity contribution < 1.29 is 9.53 Å². The van der Waals surface area contributed by atoms with Crippen molar-refractivity contribution in [2.24, 2.45) is 0 Å². The molecule has 1 aromatic heterocycles.